The van der Waals surface area contributed by atoms with Crippen LogP contribution in [0.3, 0.4) is 0 Å². The van der Waals surface area contributed by atoms with E-state index < -0.39 is 18.3 Å². The van der Waals surface area contributed by atoms with E-state index in [1.165, 1.54) is 0 Å². The van der Waals surface area contributed by atoms with Crippen LogP contribution in [0.5, 0.6) is 0 Å². The number of unbranched alkanes of at least 4 members (excludes halogenated alkanes) is 1. The number of rotatable bonds is 7. The van der Waals surface area contributed by atoms with Gasteiger partial charge in [0.1, 0.15) is 6.42 Å². The number of allylic oxidation sites excluding steroid dienone is 1. The summed E-state index contributed by atoms with van der Waals surface area (Å²) >= 11 is 0. The molecule has 1 rings (SSSR count). The minimum atomic E-state index is -0.747. The molecule has 2 amide bonds. The van der Waals surface area contributed by atoms with Gasteiger partial charge >= 0.3 is 5.97 Å². The van der Waals surface area contributed by atoms with Gasteiger partial charge in [-0.3, -0.25) is 9.59 Å². The number of hydrogen-bond acceptors (Lipinski definition) is 4. The van der Waals surface area contributed by atoms with Crippen molar-refractivity contribution in [3.05, 3.63) is 12.3 Å². The Balaban J connectivity index is 2.18. The molecular weight excluding hydrogens is 284 g/mol. The zero-order chi connectivity index (χ0) is 16.8. The van der Waals surface area contributed by atoms with E-state index in [4.69, 9.17) is 4.84 Å². The van der Waals surface area contributed by atoms with Gasteiger partial charge in [-0.15, -0.1) is 5.06 Å². The average Bonchev–Trinajstić information content (AvgIpc) is 2.68. The lowest BCUT2D eigenvalue weighted by molar-refractivity contribution is -0.187. The van der Waals surface area contributed by atoms with Gasteiger partial charge in [-0.25, -0.2) is 4.79 Å². The molecule has 1 fully saturated rings. The molecule has 0 atom stereocenters. The van der Waals surface area contributed by atoms with E-state index in [0.717, 1.165) is 24.3 Å². The minimum Gasteiger partial charge on any atom is -0.356 e. The van der Waals surface area contributed by atoms with Crippen molar-refractivity contribution < 1.29 is 19.2 Å². The molecule has 124 valence electrons. The maximum Gasteiger partial charge on any atom is 0.342 e. The Morgan fingerprint density at radius 1 is 1.27 bits per heavy atom. The van der Waals surface area contributed by atoms with Crippen LogP contribution in [-0.4, -0.2) is 29.4 Å². The summed E-state index contributed by atoms with van der Waals surface area (Å²) in [6, 6.07) is 0. The maximum atomic E-state index is 11.6. The predicted octanol–water partition coefficient (Wildman–Crippen LogP) is 2.30. The number of carbonyl (C=O) groups excluding carboxylic acids is 3. The van der Waals surface area contributed by atoms with Gasteiger partial charge in [0.25, 0.3) is 5.91 Å². The van der Waals surface area contributed by atoms with Crippen LogP contribution in [-0.2, 0) is 19.2 Å². The van der Waals surface area contributed by atoms with E-state index >= 15 is 0 Å². The summed E-state index contributed by atoms with van der Waals surface area (Å²) in [6.45, 7) is 10.7. The Bertz CT molecular complexity index is 436. The second kappa shape index (κ2) is 7.96. The lowest BCUT2D eigenvalue weighted by Gasteiger charge is -2.17. The van der Waals surface area contributed by atoms with Crippen molar-refractivity contribution in [2.45, 2.75) is 59.3 Å². The van der Waals surface area contributed by atoms with Gasteiger partial charge in [-0.2, -0.15) is 0 Å². The van der Waals surface area contributed by atoms with Crippen LogP contribution < -0.4 is 5.32 Å². The molecule has 1 heterocycles. The second-order valence-electron chi connectivity index (χ2n) is 6.76. The first-order valence-corrected chi connectivity index (χ1v) is 7.67. The van der Waals surface area contributed by atoms with E-state index in [2.05, 4.69) is 32.7 Å². The molecular formula is C16H26N2O4. The fourth-order valence-corrected chi connectivity index (χ4v) is 2.08. The van der Waals surface area contributed by atoms with Crippen LogP contribution in [0.1, 0.15) is 59.3 Å². The van der Waals surface area contributed by atoms with Crippen LogP contribution in [0.25, 0.3) is 0 Å². The average molecular weight is 310 g/mol. The number of carbonyl (C=O) groups is 3. The highest BCUT2D eigenvalue weighted by Gasteiger charge is 2.28. The molecule has 1 aliphatic heterocycles. The molecule has 1 saturated heterocycles. The fraction of sp³-hybridized carbons (Fsp3) is 0.688. The zero-order valence-electron chi connectivity index (χ0n) is 13.7. The number of hydroxylamine groups is 2. The smallest absolute Gasteiger partial charge is 0.342 e. The number of nitrogens with zero attached hydrogens (tertiary/aromatic N) is 1. The van der Waals surface area contributed by atoms with Gasteiger partial charge in [0.15, 0.2) is 0 Å². The monoisotopic (exact) mass is 310 g/mol. The Morgan fingerprint density at radius 3 is 2.50 bits per heavy atom. The quantitative estimate of drug-likeness (QED) is 0.578. The molecule has 1 aliphatic rings. The Hall–Kier alpha value is -1.85. The van der Waals surface area contributed by atoms with Crippen molar-refractivity contribution in [2.24, 2.45) is 5.41 Å². The standard InChI is InChI=1S/C16H26N2O4/c1-12-7-8-14(20)18(12)22-15(21)11-13(19)17-10-6-5-9-16(2,3)4/h1,5-11H2,2-4H3,(H,17,19). The van der Waals surface area contributed by atoms with E-state index in [1.807, 2.05) is 0 Å². The number of hydrogen-bond donors (Lipinski definition) is 1. The molecule has 0 unspecified atom stereocenters. The van der Waals surface area contributed by atoms with E-state index in [-0.39, 0.29) is 12.3 Å². The fourth-order valence-electron chi connectivity index (χ4n) is 2.08. The van der Waals surface area contributed by atoms with Gasteiger partial charge < -0.3 is 10.2 Å². The molecule has 1 N–H and O–H groups in total. The van der Waals surface area contributed by atoms with E-state index in [1.54, 1.807) is 0 Å². The Labute approximate surface area is 131 Å². The second-order valence-corrected chi connectivity index (χ2v) is 6.76. The van der Waals surface area contributed by atoms with Gasteiger partial charge in [0.05, 0.1) is 5.70 Å². The highest BCUT2D eigenvalue weighted by molar-refractivity contribution is 5.94. The highest BCUT2D eigenvalue weighted by Crippen LogP contribution is 2.21. The van der Waals surface area contributed by atoms with Crippen molar-refractivity contribution in [3.63, 3.8) is 0 Å². The summed E-state index contributed by atoms with van der Waals surface area (Å²) in [5.41, 5.74) is 0.735. The molecule has 6 heteroatoms. The van der Waals surface area contributed by atoms with Gasteiger partial charge in [-0.1, -0.05) is 33.8 Å². The van der Waals surface area contributed by atoms with Crippen LogP contribution in [0.2, 0.25) is 0 Å². The lowest BCUT2D eigenvalue weighted by atomic mass is 9.90. The largest absolute Gasteiger partial charge is 0.356 e. The molecule has 6 nitrogen and oxygen atoms in total. The molecule has 0 aromatic rings. The summed E-state index contributed by atoms with van der Waals surface area (Å²) < 4.78 is 0. The SMILES string of the molecule is C=C1CCC(=O)N1OC(=O)CC(=O)NCCCCC(C)(C)C. The molecule has 0 aromatic carbocycles. The van der Waals surface area contributed by atoms with E-state index in [0.29, 0.717) is 24.1 Å². The number of nitrogens with one attached hydrogen (secondary N) is 1. The third-order valence-corrected chi connectivity index (χ3v) is 3.31. The normalized spacial score (nSPS) is 15.1. The summed E-state index contributed by atoms with van der Waals surface area (Å²) in [6.07, 6.45) is 3.36. The van der Waals surface area contributed by atoms with Crippen molar-refractivity contribution in [1.82, 2.24) is 10.4 Å². The third-order valence-electron chi connectivity index (χ3n) is 3.31. The zero-order valence-corrected chi connectivity index (χ0v) is 13.7. The summed E-state index contributed by atoms with van der Waals surface area (Å²) in [5, 5.41) is 3.57. The molecule has 22 heavy (non-hydrogen) atoms. The highest BCUT2D eigenvalue weighted by atomic mass is 16.7. The molecule has 0 radical (unpaired) electrons. The summed E-state index contributed by atoms with van der Waals surface area (Å²) in [7, 11) is 0. The minimum absolute atomic E-state index is 0.284. The van der Waals surface area contributed by atoms with Crippen molar-refractivity contribution in [2.75, 3.05) is 6.54 Å². The summed E-state index contributed by atoms with van der Waals surface area (Å²) in [5.74, 6) is -1.44. The van der Waals surface area contributed by atoms with Crippen LogP contribution in [0.15, 0.2) is 12.3 Å². The van der Waals surface area contributed by atoms with E-state index in [9.17, 15) is 14.4 Å². The lowest BCUT2D eigenvalue weighted by Crippen LogP contribution is -2.32. The summed E-state index contributed by atoms with van der Waals surface area (Å²) in [4.78, 5) is 39.5. The third kappa shape index (κ3) is 6.74. The molecule has 0 aromatic heterocycles. The van der Waals surface area contributed by atoms with Crippen LogP contribution in [0, 0.1) is 5.41 Å². The number of amides is 2. The predicted molar refractivity (Wildman–Crippen MR) is 82.2 cm³/mol. The van der Waals surface area contributed by atoms with Crippen molar-refractivity contribution >= 4 is 17.8 Å². The van der Waals surface area contributed by atoms with Crippen LogP contribution in [0.4, 0.5) is 0 Å². The molecule has 0 spiro atoms. The molecule has 0 saturated carbocycles. The maximum absolute atomic E-state index is 11.6. The molecule has 0 aliphatic carbocycles. The topological polar surface area (TPSA) is 75.7 Å². The van der Waals surface area contributed by atoms with Crippen LogP contribution >= 0.6 is 0 Å². The first-order chi connectivity index (χ1) is 10.2. The first-order valence-electron chi connectivity index (χ1n) is 7.67. The molecule has 0 bridgehead atoms. The Morgan fingerprint density at radius 2 is 1.95 bits per heavy atom. The van der Waals surface area contributed by atoms with Crippen molar-refractivity contribution in [1.29, 1.82) is 0 Å². The Kier molecular flexibility index (Phi) is 6.59. The van der Waals surface area contributed by atoms with Gasteiger partial charge in [-0.05, 0) is 24.7 Å². The van der Waals surface area contributed by atoms with Gasteiger partial charge in [0, 0.05) is 13.0 Å². The first kappa shape index (κ1) is 18.2. The van der Waals surface area contributed by atoms with Gasteiger partial charge in [0.2, 0.25) is 5.91 Å². The van der Waals surface area contributed by atoms with Crippen molar-refractivity contribution in [3.8, 4) is 0 Å².